The Kier molecular flexibility index (Phi) is 3.56. The van der Waals surface area contributed by atoms with Gasteiger partial charge in [0.15, 0.2) is 11.5 Å². The molecule has 0 aliphatic carbocycles. The molecule has 0 radical (unpaired) electrons. The number of nitrogens with one attached hydrogen (secondary N) is 1. The number of carbonyl (C=O) groups is 1. The van der Waals surface area contributed by atoms with E-state index >= 15 is 0 Å². The van der Waals surface area contributed by atoms with E-state index in [9.17, 15) is 4.79 Å². The van der Waals surface area contributed by atoms with Crippen molar-refractivity contribution in [1.29, 1.82) is 0 Å². The summed E-state index contributed by atoms with van der Waals surface area (Å²) < 4.78 is 11.3. The first-order valence-electron chi connectivity index (χ1n) is 8.19. The van der Waals surface area contributed by atoms with Gasteiger partial charge in [0, 0.05) is 12.1 Å². The molecule has 0 saturated carbocycles. The molecule has 0 saturated heterocycles. The van der Waals surface area contributed by atoms with Crippen LogP contribution in [0.15, 0.2) is 36.4 Å². The summed E-state index contributed by atoms with van der Waals surface area (Å²) in [5, 5.41) is 3.26. The summed E-state index contributed by atoms with van der Waals surface area (Å²) in [4.78, 5) is 14.5. The first kappa shape index (κ1) is 14.9. The lowest BCUT2D eigenvalue weighted by molar-refractivity contribution is -0.119. The minimum absolute atomic E-state index is 0.0553. The zero-order chi connectivity index (χ0) is 16.7. The van der Waals surface area contributed by atoms with Crippen molar-refractivity contribution in [3.63, 3.8) is 0 Å². The summed E-state index contributed by atoms with van der Waals surface area (Å²) in [5.41, 5.74) is 4.05. The van der Waals surface area contributed by atoms with Crippen LogP contribution in [0, 0.1) is 6.92 Å². The number of benzene rings is 2. The van der Waals surface area contributed by atoms with Gasteiger partial charge in [0.2, 0.25) is 5.91 Å². The average molecular weight is 324 g/mol. The molecule has 5 heteroatoms. The molecule has 1 unspecified atom stereocenters. The number of hydrogen-bond donors (Lipinski definition) is 1. The fraction of sp³-hybridized carbons (Fsp3) is 0.316. The van der Waals surface area contributed by atoms with Crippen molar-refractivity contribution >= 4 is 17.3 Å². The Balaban J connectivity index is 1.73. The molecule has 2 aliphatic heterocycles. The molecule has 2 heterocycles. The predicted molar refractivity (Wildman–Crippen MR) is 92.9 cm³/mol. The lowest BCUT2D eigenvalue weighted by Gasteiger charge is -2.35. The normalized spacial score (nSPS) is 18.8. The lowest BCUT2D eigenvalue weighted by atomic mass is 10.1. The number of hydrogen-bond acceptors (Lipinski definition) is 4. The SMILES string of the molecule is Cc1ccc(CN2C(=O)C(C)Nc3cc4c(cc32)OCCO4)cc1. The van der Waals surface area contributed by atoms with Gasteiger partial charge in [-0.1, -0.05) is 29.8 Å². The molecule has 4 rings (SSSR count). The standard InChI is InChI=1S/C19H20N2O3/c1-12-3-5-14(6-4-12)11-21-16-10-18-17(23-7-8-24-18)9-15(16)20-13(2)19(21)22/h3-6,9-10,13,20H,7-8,11H2,1-2H3. The summed E-state index contributed by atoms with van der Waals surface area (Å²) >= 11 is 0. The molecule has 124 valence electrons. The van der Waals surface area contributed by atoms with E-state index in [-0.39, 0.29) is 11.9 Å². The van der Waals surface area contributed by atoms with E-state index in [0.29, 0.717) is 25.5 Å². The van der Waals surface area contributed by atoms with Gasteiger partial charge in [0.1, 0.15) is 19.3 Å². The smallest absolute Gasteiger partial charge is 0.249 e. The molecule has 5 nitrogen and oxygen atoms in total. The third-order valence-electron chi connectivity index (χ3n) is 4.42. The molecular formula is C19H20N2O3. The molecule has 2 aromatic rings. The second-order valence-corrected chi connectivity index (χ2v) is 6.29. The Morgan fingerprint density at radius 1 is 1.12 bits per heavy atom. The highest BCUT2D eigenvalue weighted by Gasteiger charge is 2.31. The highest BCUT2D eigenvalue weighted by molar-refractivity contribution is 6.05. The molecule has 2 aliphatic rings. The maximum absolute atomic E-state index is 12.7. The van der Waals surface area contributed by atoms with Crippen molar-refractivity contribution in [2.45, 2.75) is 26.4 Å². The summed E-state index contributed by atoms with van der Waals surface area (Å²) in [7, 11) is 0. The minimum atomic E-state index is -0.273. The largest absolute Gasteiger partial charge is 0.486 e. The van der Waals surface area contributed by atoms with Crippen molar-refractivity contribution in [2.24, 2.45) is 0 Å². The number of ether oxygens (including phenoxy) is 2. The van der Waals surface area contributed by atoms with Crippen LogP contribution in [0.4, 0.5) is 11.4 Å². The molecule has 0 bridgehead atoms. The van der Waals surface area contributed by atoms with E-state index < -0.39 is 0 Å². The highest BCUT2D eigenvalue weighted by atomic mass is 16.6. The van der Waals surface area contributed by atoms with E-state index in [1.807, 2.05) is 24.0 Å². The van der Waals surface area contributed by atoms with E-state index in [1.165, 1.54) is 5.56 Å². The zero-order valence-electron chi connectivity index (χ0n) is 13.8. The van der Waals surface area contributed by atoms with Gasteiger partial charge >= 0.3 is 0 Å². The Hall–Kier alpha value is -2.69. The van der Waals surface area contributed by atoms with E-state index in [1.54, 1.807) is 0 Å². The van der Waals surface area contributed by atoms with E-state index in [0.717, 1.165) is 22.7 Å². The molecule has 0 fully saturated rings. The van der Waals surface area contributed by atoms with Crippen molar-refractivity contribution in [1.82, 2.24) is 0 Å². The Bertz CT molecular complexity index is 786. The third-order valence-corrected chi connectivity index (χ3v) is 4.42. The number of fused-ring (bicyclic) bond motifs is 2. The summed E-state index contributed by atoms with van der Waals surface area (Å²) in [6.45, 7) is 5.55. The van der Waals surface area contributed by atoms with Gasteiger partial charge in [0.05, 0.1) is 17.9 Å². The van der Waals surface area contributed by atoms with Crippen LogP contribution in [0.5, 0.6) is 11.5 Å². The van der Waals surface area contributed by atoms with Crippen molar-refractivity contribution in [2.75, 3.05) is 23.4 Å². The van der Waals surface area contributed by atoms with Crippen LogP contribution in [0.25, 0.3) is 0 Å². The fourth-order valence-electron chi connectivity index (χ4n) is 3.10. The maximum Gasteiger partial charge on any atom is 0.249 e. The molecular weight excluding hydrogens is 304 g/mol. The van der Waals surface area contributed by atoms with E-state index in [2.05, 4.69) is 36.5 Å². The number of carbonyl (C=O) groups excluding carboxylic acids is 1. The van der Waals surface area contributed by atoms with Gasteiger partial charge in [-0.15, -0.1) is 0 Å². The Morgan fingerprint density at radius 2 is 1.79 bits per heavy atom. The minimum Gasteiger partial charge on any atom is -0.486 e. The molecule has 1 atom stereocenters. The lowest BCUT2D eigenvalue weighted by Crippen LogP contribution is -2.45. The average Bonchev–Trinajstić information content (AvgIpc) is 2.59. The van der Waals surface area contributed by atoms with Gasteiger partial charge in [-0.25, -0.2) is 0 Å². The number of anilines is 2. The van der Waals surface area contributed by atoms with Crippen LogP contribution in [0.3, 0.4) is 0 Å². The zero-order valence-corrected chi connectivity index (χ0v) is 13.8. The summed E-state index contributed by atoms with van der Waals surface area (Å²) in [6.07, 6.45) is 0. The first-order chi connectivity index (χ1) is 11.6. The molecule has 2 aromatic carbocycles. The van der Waals surface area contributed by atoms with Gasteiger partial charge in [-0.2, -0.15) is 0 Å². The second-order valence-electron chi connectivity index (χ2n) is 6.29. The monoisotopic (exact) mass is 324 g/mol. The van der Waals surface area contributed by atoms with Gasteiger partial charge in [0.25, 0.3) is 0 Å². The number of rotatable bonds is 2. The molecule has 1 N–H and O–H groups in total. The second kappa shape index (κ2) is 5.74. The van der Waals surface area contributed by atoms with Crippen LogP contribution in [-0.2, 0) is 11.3 Å². The molecule has 1 amide bonds. The van der Waals surface area contributed by atoms with Gasteiger partial charge in [-0.05, 0) is 19.4 Å². The van der Waals surface area contributed by atoms with E-state index in [4.69, 9.17) is 9.47 Å². The van der Waals surface area contributed by atoms with Crippen LogP contribution in [-0.4, -0.2) is 25.2 Å². The van der Waals surface area contributed by atoms with Gasteiger partial charge < -0.3 is 19.7 Å². The number of aryl methyl sites for hydroxylation is 1. The first-order valence-corrected chi connectivity index (χ1v) is 8.19. The topological polar surface area (TPSA) is 50.8 Å². The molecule has 0 aromatic heterocycles. The van der Waals surface area contributed by atoms with Crippen molar-refractivity contribution in [3.05, 3.63) is 47.5 Å². The van der Waals surface area contributed by atoms with Crippen LogP contribution in [0.2, 0.25) is 0 Å². The quantitative estimate of drug-likeness (QED) is 0.922. The van der Waals surface area contributed by atoms with Crippen LogP contribution < -0.4 is 19.7 Å². The van der Waals surface area contributed by atoms with Crippen molar-refractivity contribution in [3.8, 4) is 11.5 Å². The fourth-order valence-corrected chi connectivity index (χ4v) is 3.10. The van der Waals surface area contributed by atoms with Crippen molar-refractivity contribution < 1.29 is 14.3 Å². The molecule has 24 heavy (non-hydrogen) atoms. The maximum atomic E-state index is 12.7. The van der Waals surface area contributed by atoms with Crippen LogP contribution >= 0.6 is 0 Å². The predicted octanol–water partition coefficient (Wildman–Crippen LogP) is 3.11. The Morgan fingerprint density at radius 3 is 2.50 bits per heavy atom. The number of amides is 1. The molecule has 0 spiro atoms. The van der Waals surface area contributed by atoms with Crippen LogP contribution in [0.1, 0.15) is 18.1 Å². The summed E-state index contributed by atoms with van der Waals surface area (Å²) in [6, 6.07) is 11.8. The third kappa shape index (κ3) is 2.56. The highest BCUT2D eigenvalue weighted by Crippen LogP contribution is 2.42. The number of nitrogens with zero attached hydrogens (tertiary/aromatic N) is 1. The summed E-state index contributed by atoms with van der Waals surface area (Å²) in [5.74, 6) is 1.47. The Labute approximate surface area is 141 Å². The van der Waals surface area contributed by atoms with Gasteiger partial charge in [-0.3, -0.25) is 4.79 Å².